The molecule has 5 N–H and O–H groups in total. The number of fused-ring (bicyclic) bond motifs is 5. The molecule has 0 aliphatic carbocycles. The molecule has 3 fully saturated rings. The zero-order valence-corrected chi connectivity index (χ0v) is 19.6. The first-order valence-electron chi connectivity index (χ1n) is 11.7. The van der Waals surface area contributed by atoms with Crippen molar-refractivity contribution in [3.8, 4) is 0 Å². The van der Waals surface area contributed by atoms with Crippen LogP contribution in [0.1, 0.15) is 65.7 Å². The monoisotopic (exact) mass is 503 g/mol. The first kappa shape index (κ1) is 27.4. The Kier molecular flexibility index (Phi) is 8.44. The van der Waals surface area contributed by atoms with E-state index in [4.69, 9.17) is 15.3 Å². The summed E-state index contributed by atoms with van der Waals surface area (Å²) in [6, 6.07) is -3.13. The van der Waals surface area contributed by atoms with E-state index in [0.29, 0.717) is 25.7 Å². The van der Waals surface area contributed by atoms with Gasteiger partial charge in [0.15, 0.2) is 0 Å². The fraction of sp³-hybridized carbons (Fsp3) is 0.952. The molecule has 3 aliphatic heterocycles. The Morgan fingerprint density at radius 2 is 1.53 bits per heavy atom. The quantitative estimate of drug-likeness (QED) is 0.322. The molecule has 6 unspecified atom stereocenters. The number of nitrogens with zero attached hydrogens (tertiary/aromatic N) is 1. The molecule has 13 heteroatoms. The van der Waals surface area contributed by atoms with E-state index in [2.05, 4.69) is 21.3 Å². The maximum atomic E-state index is 14.0. The number of alkyl halides is 6. The van der Waals surface area contributed by atoms with Gasteiger partial charge in [0.05, 0.1) is 29.6 Å². The number of rotatable bonds is 1. The molecule has 4 bridgehead atoms. The van der Waals surface area contributed by atoms with E-state index in [1.54, 1.807) is 20.8 Å². The lowest BCUT2D eigenvalue weighted by Gasteiger charge is -2.44. The van der Waals surface area contributed by atoms with Crippen LogP contribution in [-0.2, 0) is 9.57 Å². The summed E-state index contributed by atoms with van der Waals surface area (Å²) in [5.74, 6) is -3.56. The first-order valence-corrected chi connectivity index (χ1v) is 11.7. The normalized spacial score (nSPS) is 37.9. The van der Waals surface area contributed by atoms with Crippen LogP contribution in [0.3, 0.4) is 0 Å². The number of ether oxygens (including phenoxy) is 1. The number of nitrogens with two attached hydrogens (primary N) is 1. The third-order valence-electron chi connectivity index (χ3n) is 6.45. The summed E-state index contributed by atoms with van der Waals surface area (Å²) in [4.78, 5) is 5.50. The van der Waals surface area contributed by atoms with Gasteiger partial charge in [-0.2, -0.15) is 26.3 Å². The van der Waals surface area contributed by atoms with E-state index in [0.717, 1.165) is 0 Å². The number of piperidine rings is 1. The molecule has 7 nitrogen and oxygen atoms in total. The topological polar surface area (TPSA) is 92.9 Å². The molecule has 3 aliphatic rings. The predicted molar refractivity (Wildman–Crippen MR) is 113 cm³/mol. The molecule has 0 aromatic heterocycles. The van der Waals surface area contributed by atoms with Gasteiger partial charge in [0, 0.05) is 6.04 Å². The average Bonchev–Trinajstić information content (AvgIpc) is 3.15. The lowest BCUT2D eigenvalue weighted by Crippen LogP contribution is -2.68. The summed E-state index contributed by atoms with van der Waals surface area (Å²) in [6.45, 7) is 5.23. The second kappa shape index (κ2) is 10.5. The van der Waals surface area contributed by atoms with Gasteiger partial charge in [-0.25, -0.2) is 10.9 Å². The van der Waals surface area contributed by atoms with E-state index in [1.165, 1.54) is 0 Å². The molecule has 0 spiro atoms. The highest BCUT2D eigenvalue weighted by molar-refractivity contribution is 5.89. The van der Waals surface area contributed by atoms with Crippen LogP contribution in [0.2, 0.25) is 0 Å². The molecular formula is C21H35F6N5O2. The van der Waals surface area contributed by atoms with E-state index in [1.807, 2.05) is 0 Å². The predicted octanol–water partition coefficient (Wildman–Crippen LogP) is 3.70. The van der Waals surface area contributed by atoms with E-state index in [-0.39, 0.29) is 18.6 Å². The van der Waals surface area contributed by atoms with E-state index >= 15 is 0 Å². The van der Waals surface area contributed by atoms with E-state index < -0.39 is 66.8 Å². The smallest absolute Gasteiger partial charge is 0.390 e. The highest BCUT2D eigenvalue weighted by Gasteiger charge is 2.54. The molecule has 3 saturated heterocycles. The number of halogens is 6. The maximum Gasteiger partial charge on any atom is 0.395 e. The van der Waals surface area contributed by atoms with Gasteiger partial charge in [-0.3, -0.25) is 0 Å². The maximum absolute atomic E-state index is 14.0. The van der Waals surface area contributed by atoms with Gasteiger partial charge in [0.2, 0.25) is 0 Å². The first-order chi connectivity index (χ1) is 15.7. The van der Waals surface area contributed by atoms with Gasteiger partial charge in [-0.05, 0) is 46.5 Å². The molecular weight excluding hydrogens is 468 g/mol. The Labute approximate surface area is 195 Å². The van der Waals surface area contributed by atoms with Gasteiger partial charge in [0.1, 0.15) is 18.1 Å². The van der Waals surface area contributed by atoms with Crippen LogP contribution in [0.5, 0.6) is 0 Å². The highest BCUT2D eigenvalue weighted by atomic mass is 19.4. The molecule has 0 aromatic rings. The van der Waals surface area contributed by atoms with Crippen LogP contribution < -0.4 is 21.9 Å². The molecule has 3 rings (SSSR count). The molecule has 3 heterocycles. The highest BCUT2D eigenvalue weighted by Crippen LogP contribution is 2.39. The van der Waals surface area contributed by atoms with Crippen LogP contribution in [0.25, 0.3) is 0 Å². The van der Waals surface area contributed by atoms with Crippen molar-refractivity contribution in [2.45, 2.75) is 114 Å². The van der Waals surface area contributed by atoms with Crippen molar-refractivity contribution in [1.82, 2.24) is 16.2 Å². The third kappa shape index (κ3) is 6.96. The Bertz CT molecular complexity index is 711. The second-order valence-electron chi connectivity index (χ2n) is 10.4. The van der Waals surface area contributed by atoms with Crippen LogP contribution >= 0.6 is 0 Å². The van der Waals surface area contributed by atoms with Gasteiger partial charge in [-0.15, -0.1) is 0 Å². The van der Waals surface area contributed by atoms with Crippen LogP contribution in [-0.4, -0.2) is 54.2 Å². The summed E-state index contributed by atoms with van der Waals surface area (Å²) >= 11 is 0. The SMILES string of the molecule is CC(C)(C)ON=C1CCCCCC[C@@H](C(F)(F)F)C2NNC(O2)C2NC1C(C(F)(F)F)CC2N. The summed E-state index contributed by atoms with van der Waals surface area (Å²) in [5.41, 5.74) is 10.8. The second-order valence-corrected chi connectivity index (χ2v) is 10.4. The minimum Gasteiger partial charge on any atom is -0.390 e. The Balaban J connectivity index is 1.93. The third-order valence-corrected chi connectivity index (χ3v) is 6.45. The summed E-state index contributed by atoms with van der Waals surface area (Å²) < 4.78 is 88.7. The molecule has 7 atom stereocenters. The summed E-state index contributed by atoms with van der Waals surface area (Å²) in [7, 11) is 0. The molecule has 0 radical (unpaired) electrons. The number of hydrogen-bond acceptors (Lipinski definition) is 7. The van der Waals surface area contributed by atoms with Gasteiger partial charge in [0.25, 0.3) is 0 Å². The Hall–Kier alpha value is -1.15. The van der Waals surface area contributed by atoms with Crippen LogP contribution in [0.4, 0.5) is 26.3 Å². The standard InChI is InChI=1S/C21H35F6N5O2/c1-19(2,3)34-32-14-9-7-5-4-6-8-11(20(22,23)24)17-30-31-18(33-17)16-13(28)10-12(15(14)29-16)21(25,26)27/h11-13,15-18,29-31H,4-10,28H2,1-3H3/t11-,12?,13?,15?,16?,17?,18?/m1/s1. The summed E-state index contributed by atoms with van der Waals surface area (Å²) in [6.07, 6.45) is -9.88. The fourth-order valence-corrected chi connectivity index (χ4v) is 4.71. The van der Waals surface area contributed by atoms with Crippen molar-refractivity contribution in [3.05, 3.63) is 0 Å². The molecule has 34 heavy (non-hydrogen) atoms. The number of hydrazine groups is 1. The minimum absolute atomic E-state index is 0.118. The summed E-state index contributed by atoms with van der Waals surface area (Å²) in [5, 5.41) is 7.04. The largest absolute Gasteiger partial charge is 0.395 e. The minimum atomic E-state index is -4.56. The lowest BCUT2D eigenvalue weighted by atomic mass is 9.80. The van der Waals surface area contributed by atoms with Crippen molar-refractivity contribution in [2.24, 2.45) is 22.7 Å². The number of nitrogens with one attached hydrogen (secondary N) is 3. The van der Waals surface area contributed by atoms with E-state index in [9.17, 15) is 26.3 Å². The zero-order chi connectivity index (χ0) is 25.3. The van der Waals surface area contributed by atoms with Gasteiger partial charge >= 0.3 is 12.4 Å². The van der Waals surface area contributed by atoms with Crippen LogP contribution in [0, 0.1) is 11.8 Å². The van der Waals surface area contributed by atoms with Crippen molar-refractivity contribution in [3.63, 3.8) is 0 Å². The number of oxime groups is 1. The number of hydrogen-bond donors (Lipinski definition) is 4. The fourth-order valence-electron chi connectivity index (χ4n) is 4.71. The van der Waals surface area contributed by atoms with Gasteiger partial charge in [-0.1, -0.05) is 24.4 Å². The van der Waals surface area contributed by atoms with Crippen molar-refractivity contribution < 1.29 is 35.9 Å². The molecule has 0 amide bonds. The average molecular weight is 504 g/mol. The van der Waals surface area contributed by atoms with Crippen molar-refractivity contribution in [2.75, 3.05) is 0 Å². The van der Waals surface area contributed by atoms with Crippen LogP contribution in [0.15, 0.2) is 5.16 Å². The Morgan fingerprint density at radius 1 is 0.912 bits per heavy atom. The molecule has 0 saturated carbocycles. The van der Waals surface area contributed by atoms with Crippen molar-refractivity contribution in [1.29, 1.82) is 0 Å². The molecule has 198 valence electrons. The lowest BCUT2D eigenvalue weighted by molar-refractivity contribution is -0.213. The Morgan fingerprint density at radius 3 is 2.15 bits per heavy atom. The van der Waals surface area contributed by atoms with Crippen molar-refractivity contribution >= 4 is 5.71 Å². The zero-order valence-electron chi connectivity index (χ0n) is 19.6. The molecule has 0 aromatic carbocycles. The van der Waals surface area contributed by atoms with Gasteiger partial charge < -0.3 is 20.6 Å².